The summed E-state index contributed by atoms with van der Waals surface area (Å²) in [4.78, 5) is 19.4. The third-order valence-electron chi connectivity index (χ3n) is 5.53. The van der Waals surface area contributed by atoms with Gasteiger partial charge in [0, 0.05) is 22.2 Å². The molecule has 1 aromatic heterocycles. The lowest BCUT2D eigenvalue weighted by atomic mass is 9.95. The van der Waals surface area contributed by atoms with Crippen LogP contribution in [0, 0.1) is 19.8 Å². The van der Waals surface area contributed by atoms with Crippen molar-refractivity contribution in [3.05, 3.63) is 64.5 Å². The van der Waals surface area contributed by atoms with Crippen molar-refractivity contribution in [2.75, 3.05) is 18.4 Å². The number of amides is 1. The Hall–Kier alpha value is -2.70. The van der Waals surface area contributed by atoms with Gasteiger partial charge in [0.25, 0.3) is 0 Å². The van der Waals surface area contributed by atoms with Crippen LogP contribution in [-0.2, 0) is 11.3 Å². The topological polar surface area (TPSA) is 71.3 Å². The van der Waals surface area contributed by atoms with Crippen LogP contribution in [0.5, 0.6) is 0 Å². The number of aromatic nitrogens is 2. The van der Waals surface area contributed by atoms with E-state index < -0.39 is 0 Å². The molecule has 3 aromatic rings. The number of aryl methyl sites for hydroxylation is 2. The van der Waals surface area contributed by atoms with Crippen LogP contribution in [0.1, 0.15) is 29.9 Å². The molecule has 1 aliphatic heterocycles. The summed E-state index contributed by atoms with van der Waals surface area (Å²) in [5.41, 5.74) is 4.05. The number of carbonyl (C=O) groups is 1. The fourth-order valence-corrected chi connectivity index (χ4v) is 3.89. The van der Waals surface area contributed by atoms with Crippen LogP contribution in [0.2, 0.25) is 5.02 Å². The quantitative estimate of drug-likeness (QED) is 0.633. The maximum absolute atomic E-state index is 12.7. The summed E-state index contributed by atoms with van der Waals surface area (Å²) in [5, 5.41) is 7.83. The van der Waals surface area contributed by atoms with Crippen molar-refractivity contribution in [1.29, 1.82) is 0 Å². The molecule has 0 saturated carbocycles. The summed E-state index contributed by atoms with van der Waals surface area (Å²) >= 11 is 5.93. The van der Waals surface area contributed by atoms with Crippen LogP contribution in [0.15, 0.2) is 47.0 Å². The molecular formula is C23H25ClN4O2. The van der Waals surface area contributed by atoms with Gasteiger partial charge < -0.3 is 9.84 Å². The number of anilines is 1. The highest BCUT2D eigenvalue weighted by molar-refractivity contribution is 6.30. The number of halogens is 1. The van der Waals surface area contributed by atoms with Crippen molar-refractivity contribution in [3.8, 4) is 11.4 Å². The van der Waals surface area contributed by atoms with E-state index in [1.807, 2.05) is 31.2 Å². The van der Waals surface area contributed by atoms with Gasteiger partial charge in [0.15, 0.2) is 0 Å². The lowest BCUT2D eigenvalue weighted by Crippen LogP contribution is -2.37. The average molecular weight is 425 g/mol. The molecule has 0 unspecified atom stereocenters. The molecule has 4 rings (SSSR count). The first-order valence-electron chi connectivity index (χ1n) is 10.2. The predicted molar refractivity (Wildman–Crippen MR) is 117 cm³/mol. The van der Waals surface area contributed by atoms with E-state index in [1.165, 1.54) is 5.56 Å². The van der Waals surface area contributed by atoms with Crippen molar-refractivity contribution in [2.24, 2.45) is 5.92 Å². The largest absolute Gasteiger partial charge is 0.338 e. The van der Waals surface area contributed by atoms with Crippen molar-refractivity contribution in [2.45, 2.75) is 33.2 Å². The molecule has 0 atom stereocenters. The minimum absolute atomic E-state index is 0.0225. The van der Waals surface area contributed by atoms with Gasteiger partial charge in [-0.05, 0) is 75.7 Å². The molecular weight excluding hydrogens is 400 g/mol. The Labute approximate surface area is 181 Å². The predicted octanol–water partition coefficient (Wildman–Crippen LogP) is 4.86. The molecule has 0 radical (unpaired) electrons. The van der Waals surface area contributed by atoms with Gasteiger partial charge in [-0.15, -0.1) is 0 Å². The molecule has 1 N–H and O–H groups in total. The fourth-order valence-electron chi connectivity index (χ4n) is 3.77. The van der Waals surface area contributed by atoms with E-state index in [0.717, 1.165) is 42.7 Å². The maximum Gasteiger partial charge on any atom is 0.241 e. The molecule has 6 nitrogen and oxygen atoms in total. The molecule has 156 valence electrons. The second-order valence-corrected chi connectivity index (χ2v) is 8.31. The van der Waals surface area contributed by atoms with Crippen molar-refractivity contribution < 1.29 is 9.32 Å². The number of nitrogens with zero attached hydrogens (tertiary/aromatic N) is 3. The highest BCUT2D eigenvalue weighted by atomic mass is 35.5. The second kappa shape index (κ2) is 8.98. The zero-order valence-electron chi connectivity index (χ0n) is 17.2. The van der Waals surface area contributed by atoms with Gasteiger partial charge in [0.2, 0.25) is 17.6 Å². The minimum Gasteiger partial charge on any atom is -0.338 e. The first-order chi connectivity index (χ1) is 14.5. The Kier molecular flexibility index (Phi) is 6.16. The summed E-state index contributed by atoms with van der Waals surface area (Å²) in [7, 11) is 0. The Morgan fingerprint density at radius 1 is 1.17 bits per heavy atom. The molecule has 2 heterocycles. The SMILES string of the molecule is Cc1ccc(NC(=O)C2CCN(Cc3nc(-c4ccc(Cl)cc4)no3)CC2)c(C)c1. The number of hydrogen-bond donors (Lipinski definition) is 1. The number of benzene rings is 2. The summed E-state index contributed by atoms with van der Waals surface area (Å²) < 4.78 is 5.41. The summed E-state index contributed by atoms with van der Waals surface area (Å²) in [6, 6.07) is 13.4. The molecule has 2 aromatic carbocycles. The number of piperidine rings is 1. The number of rotatable bonds is 5. The molecule has 7 heteroatoms. The molecule has 0 spiro atoms. The third kappa shape index (κ3) is 4.89. The number of hydrogen-bond acceptors (Lipinski definition) is 5. The zero-order chi connectivity index (χ0) is 21.1. The zero-order valence-corrected chi connectivity index (χ0v) is 17.9. The Morgan fingerprint density at radius 2 is 1.90 bits per heavy atom. The van der Waals surface area contributed by atoms with Gasteiger partial charge in [0.1, 0.15) is 0 Å². The summed E-state index contributed by atoms with van der Waals surface area (Å²) in [6.07, 6.45) is 1.63. The summed E-state index contributed by atoms with van der Waals surface area (Å²) in [6.45, 7) is 6.31. The monoisotopic (exact) mass is 424 g/mol. The highest BCUT2D eigenvalue weighted by Crippen LogP contribution is 2.24. The minimum atomic E-state index is 0.0225. The van der Waals surface area contributed by atoms with E-state index in [-0.39, 0.29) is 11.8 Å². The van der Waals surface area contributed by atoms with E-state index in [9.17, 15) is 4.79 Å². The van der Waals surface area contributed by atoms with Gasteiger partial charge in [-0.1, -0.05) is 34.5 Å². The summed E-state index contributed by atoms with van der Waals surface area (Å²) in [5.74, 6) is 1.27. The van der Waals surface area contributed by atoms with Crippen LogP contribution < -0.4 is 5.32 Å². The molecule has 1 saturated heterocycles. The first kappa shape index (κ1) is 20.6. The van der Waals surface area contributed by atoms with Gasteiger partial charge in [-0.3, -0.25) is 9.69 Å². The lowest BCUT2D eigenvalue weighted by Gasteiger charge is -2.30. The van der Waals surface area contributed by atoms with Gasteiger partial charge in [-0.2, -0.15) is 4.98 Å². The number of likely N-dealkylation sites (tertiary alicyclic amines) is 1. The first-order valence-corrected chi connectivity index (χ1v) is 10.5. The van der Waals surface area contributed by atoms with Gasteiger partial charge in [0.05, 0.1) is 6.54 Å². The molecule has 0 aliphatic carbocycles. The normalized spacial score (nSPS) is 15.3. The van der Waals surface area contributed by atoms with E-state index >= 15 is 0 Å². The van der Waals surface area contributed by atoms with Crippen molar-refractivity contribution in [3.63, 3.8) is 0 Å². The van der Waals surface area contributed by atoms with E-state index in [4.69, 9.17) is 16.1 Å². The van der Waals surface area contributed by atoms with Crippen molar-refractivity contribution >= 4 is 23.2 Å². The van der Waals surface area contributed by atoms with E-state index in [2.05, 4.69) is 33.3 Å². The Bertz CT molecular complexity index is 1020. The highest BCUT2D eigenvalue weighted by Gasteiger charge is 2.26. The van der Waals surface area contributed by atoms with Crippen LogP contribution >= 0.6 is 11.6 Å². The van der Waals surface area contributed by atoms with Crippen LogP contribution in [0.3, 0.4) is 0 Å². The number of carbonyl (C=O) groups excluding carboxylic acids is 1. The van der Waals surface area contributed by atoms with E-state index in [1.54, 1.807) is 12.1 Å². The lowest BCUT2D eigenvalue weighted by molar-refractivity contribution is -0.121. The molecule has 1 fully saturated rings. The van der Waals surface area contributed by atoms with Crippen LogP contribution in [0.25, 0.3) is 11.4 Å². The Morgan fingerprint density at radius 3 is 2.60 bits per heavy atom. The third-order valence-corrected chi connectivity index (χ3v) is 5.78. The standard InChI is InChI=1S/C23H25ClN4O2/c1-15-3-8-20(16(2)13-15)25-23(29)18-9-11-28(12-10-18)14-21-26-22(27-30-21)17-4-6-19(24)7-5-17/h3-8,13,18H,9-12,14H2,1-2H3,(H,25,29). The average Bonchev–Trinajstić information content (AvgIpc) is 3.19. The van der Waals surface area contributed by atoms with Crippen LogP contribution in [-0.4, -0.2) is 34.0 Å². The van der Waals surface area contributed by atoms with Crippen LogP contribution in [0.4, 0.5) is 5.69 Å². The smallest absolute Gasteiger partial charge is 0.241 e. The van der Waals surface area contributed by atoms with Gasteiger partial charge in [-0.25, -0.2) is 0 Å². The molecule has 0 bridgehead atoms. The Balaban J connectivity index is 1.29. The molecule has 1 aliphatic rings. The number of nitrogens with one attached hydrogen (secondary N) is 1. The van der Waals surface area contributed by atoms with E-state index in [0.29, 0.717) is 23.3 Å². The van der Waals surface area contributed by atoms with Gasteiger partial charge >= 0.3 is 0 Å². The molecule has 30 heavy (non-hydrogen) atoms. The maximum atomic E-state index is 12.7. The second-order valence-electron chi connectivity index (χ2n) is 7.88. The fraction of sp³-hybridized carbons (Fsp3) is 0.348. The van der Waals surface area contributed by atoms with Crippen molar-refractivity contribution in [1.82, 2.24) is 15.0 Å². The molecule has 1 amide bonds.